The van der Waals surface area contributed by atoms with Crippen molar-refractivity contribution >= 4 is 23.9 Å². The minimum atomic E-state index is -1.89. The van der Waals surface area contributed by atoms with E-state index in [0.29, 0.717) is 61.8 Å². The van der Waals surface area contributed by atoms with E-state index in [9.17, 15) is 29.7 Å². The number of ketones is 1. The van der Waals surface area contributed by atoms with Gasteiger partial charge in [-0.25, -0.2) is 0 Å². The van der Waals surface area contributed by atoms with E-state index >= 15 is 0 Å². The highest BCUT2D eigenvalue weighted by molar-refractivity contribution is 5.90. The second-order valence-electron chi connectivity index (χ2n) is 15.1. The number of nitrogens with one attached hydrogen (secondary N) is 1. The summed E-state index contributed by atoms with van der Waals surface area (Å²) in [7, 11) is 3.09. The van der Waals surface area contributed by atoms with E-state index in [2.05, 4.69) is 4.99 Å². The van der Waals surface area contributed by atoms with Crippen LogP contribution < -0.4 is 40.1 Å². The van der Waals surface area contributed by atoms with Crippen molar-refractivity contribution in [1.29, 1.82) is 0 Å². The molecule has 0 bridgehead atoms. The maximum atomic E-state index is 12.7. The van der Waals surface area contributed by atoms with E-state index in [0.717, 1.165) is 32.9 Å². The first-order valence-corrected chi connectivity index (χ1v) is 18.7. The number of aliphatic imine (C=N–C) groups is 1. The summed E-state index contributed by atoms with van der Waals surface area (Å²) in [4.78, 5) is 41.6. The van der Waals surface area contributed by atoms with Gasteiger partial charge in [0, 0.05) is 47.4 Å². The summed E-state index contributed by atoms with van der Waals surface area (Å²) < 4.78 is 42.8. The van der Waals surface area contributed by atoms with Gasteiger partial charge in [0.1, 0.15) is 84.8 Å². The molecule has 6 aliphatic rings. The number of nitrogens with zero attached hydrogens (tertiary/aromatic N) is 1. The fraction of sp³-hybridized carbons (Fsp3) is 0.487. The highest BCUT2D eigenvalue weighted by Gasteiger charge is 2.58. The Morgan fingerprint density at radius 2 is 1.84 bits per heavy atom. The SMILES string of the molecule is COc1ccc2c(c1OC)O[C@H]1c3c(C[NH+]4C=C5N=CC=C5C4)cc(O[C@@H]4O[C@H]([C@H](OC(=O)CC(=O)O)C(N)N)[C@@H](O)[C@H](O)[C@H]4O)cc3OC3(CCC(=O)CC3)[C@@H]21. The number of carbonyl (C=O) groups excluding carboxylic acids is 2. The molecule has 5 heterocycles. The lowest BCUT2D eigenvalue weighted by atomic mass is 9.67. The number of fused-ring (bicyclic) bond motifs is 7. The number of esters is 1. The van der Waals surface area contributed by atoms with Crippen LogP contribution in [0.5, 0.6) is 28.7 Å². The van der Waals surface area contributed by atoms with E-state index in [4.69, 9.17) is 49.7 Å². The number of carbonyl (C=O) groups is 3. The first-order chi connectivity index (χ1) is 27.3. The number of quaternary nitrogens is 1. The van der Waals surface area contributed by atoms with Crippen LogP contribution in [0.2, 0.25) is 0 Å². The maximum Gasteiger partial charge on any atom is 0.317 e. The van der Waals surface area contributed by atoms with Crippen LogP contribution in [0.15, 0.2) is 52.8 Å². The lowest BCUT2D eigenvalue weighted by Crippen LogP contribution is -3.04. The average molecular weight is 794 g/mol. The number of aliphatic hydroxyl groups is 3. The number of carboxylic acid groups (broad SMARTS) is 1. The predicted molar refractivity (Wildman–Crippen MR) is 195 cm³/mol. The second-order valence-corrected chi connectivity index (χ2v) is 15.1. The number of methoxy groups -OCH3 is 2. The normalized spacial score (nSPS) is 29.6. The molecule has 304 valence electrons. The van der Waals surface area contributed by atoms with Crippen molar-refractivity contribution in [3.63, 3.8) is 0 Å². The van der Waals surface area contributed by atoms with Gasteiger partial charge in [-0.15, -0.1) is 0 Å². The Morgan fingerprint density at radius 3 is 2.53 bits per heavy atom. The topological polar surface area (TPSA) is 266 Å². The van der Waals surface area contributed by atoms with Gasteiger partial charge >= 0.3 is 11.9 Å². The average Bonchev–Trinajstić information content (AvgIpc) is 3.89. The summed E-state index contributed by atoms with van der Waals surface area (Å²) in [6.45, 7) is 1.07. The third-order valence-electron chi connectivity index (χ3n) is 11.6. The third kappa shape index (κ3) is 6.90. The highest BCUT2D eigenvalue weighted by Crippen LogP contribution is 2.64. The number of allylic oxidation sites excluding steroid dienone is 1. The summed E-state index contributed by atoms with van der Waals surface area (Å²) in [6.07, 6.45) is -6.47. The first kappa shape index (κ1) is 38.8. The highest BCUT2D eigenvalue weighted by atomic mass is 16.7. The second kappa shape index (κ2) is 15.0. The minimum absolute atomic E-state index is 0.131. The molecular formula is C39H45N4O14+. The maximum absolute atomic E-state index is 12.7. The molecule has 1 spiro atoms. The van der Waals surface area contributed by atoms with Gasteiger partial charge in [-0.3, -0.25) is 24.3 Å². The number of carboxylic acids is 1. The molecule has 9 atom stereocenters. The predicted octanol–water partition coefficient (Wildman–Crippen LogP) is -0.737. The van der Waals surface area contributed by atoms with Crippen LogP contribution in [0, 0.1) is 0 Å². The Kier molecular flexibility index (Phi) is 10.2. The van der Waals surface area contributed by atoms with Gasteiger partial charge in [-0.2, -0.15) is 0 Å². The van der Waals surface area contributed by atoms with Crippen LogP contribution in [0.1, 0.15) is 60.8 Å². The summed E-state index contributed by atoms with van der Waals surface area (Å²) >= 11 is 0. The van der Waals surface area contributed by atoms with E-state index in [1.807, 2.05) is 24.4 Å². The standard InChI is InChI=1S/C39H44N4O14/c1-51-23-4-3-21-28-34(55-32(21)33(23)52-2)27-18(15-43-14-17-7-10-42-22(17)16-43)11-20(12-24(27)57-39(28)8-5-19(44)6-9-39)53-38-31(50)29(48)30(49)35(56-38)36(37(40)41)54-26(47)13-25(45)46/h3-4,7,10-12,16,28-31,34-38,48-50H,5-6,8-9,13-15,40-41H2,1-2H3,(H,45,46)/p+1/t28-,29-,30-,31+,34-,35-,36-,38+/m0/s1. The molecule has 1 saturated heterocycles. The van der Waals surface area contributed by atoms with Gasteiger partial charge in [0.2, 0.25) is 12.0 Å². The lowest BCUT2D eigenvalue weighted by Gasteiger charge is -2.48. The number of aliphatic hydroxyl groups excluding tert-OH is 3. The van der Waals surface area contributed by atoms with Gasteiger partial charge in [0.25, 0.3) is 0 Å². The molecule has 0 radical (unpaired) electrons. The van der Waals surface area contributed by atoms with Crippen LogP contribution in [0.4, 0.5) is 0 Å². The van der Waals surface area contributed by atoms with Gasteiger partial charge in [0.15, 0.2) is 17.6 Å². The van der Waals surface area contributed by atoms with Gasteiger partial charge < -0.3 is 65.1 Å². The smallest absolute Gasteiger partial charge is 0.317 e. The molecule has 0 amide bonds. The van der Waals surface area contributed by atoms with Crippen molar-refractivity contribution in [1.82, 2.24) is 0 Å². The number of hydrogen-bond acceptors (Lipinski definition) is 16. The van der Waals surface area contributed by atoms with Crippen LogP contribution in [0.3, 0.4) is 0 Å². The number of Topliss-reactive ketones (excluding diaryl/α,β-unsaturated/α-hetero) is 1. The Bertz CT molecular complexity index is 2060. The zero-order chi connectivity index (χ0) is 40.3. The monoisotopic (exact) mass is 793 g/mol. The molecule has 18 heteroatoms. The molecule has 18 nitrogen and oxygen atoms in total. The van der Waals surface area contributed by atoms with Crippen molar-refractivity contribution in [2.24, 2.45) is 16.5 Å². The van der Waals surface area contributed by atoms with Crippen LogP contribution in [-0.2, 0) is 30.4 Å². The van der Waals surface area contributed by atoms with Gasteiger partial charge in [0.05, 0.1) is 26.3 Å². The summed E-state index contributed by atoms with van der Waals surface area (Å²) in [5.41, 5.74) is 15.2. The number of hydrogen-bond donors (Lipinski definition) is 7. The van der Waals surface area contributed by atoms with E-state index in [-0.39, 0.29) is 17.5 Å². The van der Waals surface area contributed by atoms with E-state index < -0.39 is 73.0 Å². The Labute approximate surface area is 326 Å². The van der Waals surface area contributed by atoms with Crippen molar-refractivity contribution in [3.05, 3.63) is 64.5 Å². The number of ether oxygens (including phenoxy) is 7. The molecule has 2 fully saturated rings. The molecule has 8 rings (SSSR count). The van der Waals surface area contributed by atoms with Crippen LogP contribution in [0.25, 0.3) is 0 Å². The van der Waals surface area contributed by atoms with Crippen molar-refractivity contribution in [2.75, 3.05) is 20.8 Å². The first-order valence-electron chi connectivity index (χ1n) is 18.7. The molecule has 1 saturated carbocycles. The molecule has 2 aromatic rings. The van der Waals surface area contributed by atoms with Crippen LogP contribution >= 0.6 is 0 Å². The fourth-order valence-electron chi connectivity index (χ4n) is 8.91. The largest absolute Gasteiger partial charge is 0.493 e. The fourth-order valence-corrected chi connectivity index (χ4v) is 8.91. The molecule has 1 unspecified atom stereocenters. The van der Waals surface area contributed by atoms with Crippen LogP contribution in [-0.4, -0.2) is 114 Å². The number of nitrogens with two attached hydrogens (primary N) is 2. The summed E-state index contributed by atoms with van der Waals surface area (Å²) in [6, 6.07) is 7.16. The van der Waals surface area contributed by atoms with E-state index in [1.54, 1.807) is 32.6 Å². The van der Waals surface area contributed by atoms with Gasteiger partial charge in [-0.05, 0) is 31.1 Å². The Morgan fingerprint density at radius 1 is 1.07 bits per heavy atom. The quantitative estimate of drug-likeness (QED) is 0.0840. The van der Waals surface area contributed by atoms with Crippen molar-refractivity contribution in [2.45, 2.75) is 99.2 Å². The molecule has 2 aromatic carbocycles. The molecule has 1 aliphatic carbocycles. The van der Waals surface area contributed by atoms with E-state index in [1.165, 1.54) is 0 Å². The summed E-state index contributed by atoms with van der Waals surface area (Å²) in [5.74, 6) is -0.895. The Hall–Kier alpha value is -5.08. The number of rotatable bonds is 11. The Balaban J connectivity index is 1.19. The lowest BCUT2D eigenvalue weighted by molar-refractivity contribution is -0.851. The number of aliphatic carboxylic acids is 1. The molecule has 9 N–H and O–H groups in total. The molecule has 0 aromatic heterocycles. The zero-order valence-corrected chi connectivity index (χ0v) is 31.2. The zero-order valence-electron chi connectivity index (χ0n) is 31.2. The third-order valence-corrected chi connectivity index (χ3v) is 11.6. The molecular weight excluding hydrogens is 748 g/mol. The number of benzene rings is 2. The molecule has 57 heavy (non-hydrogen) atoms. The molecule has 5 aliphatic heterocycles. The van der Waals surface area contributed by atoms with Crippen molar-refractivity contribution in [3.8, 4) is 28.7 Å². The minimum Gasteiger partial charge on any atom is -0.493 e. The van der Waals surface area contributed by atoms with Crippen molar-refractivity contribution < 1.29 is 72.9 Å². The summed E-state index contributed by atoms with van der Waals surface area (Å²) in [5, 5.41) is 42.1. The van der Waals surface area contributed by atoms with Gasteiger partial charge in [-0.1, -0.05) is 6.07 Å².